The van der Waals surface area contributed by atoms with E-state index >= 15 is 0 Å². The molecule has 2 amide bonds. The zero-order valence-electron chi connectivity index (χ0n) is 11.2. The van der Waals surface area contributed by atoms with Crippen LogP contribution in [0, 0.1) is 10.1 Å². The van der Waals surface area contributed by atoms with Gasteiger partial charge in [0.2, 0.25) is 5.91 Å². The summed E-state index contributed by atoms with van der Waals surface area (Å²) in [7, 11) is 0. The first-order valence-corrected chi connectivity index (χ1v) is 6.30. The van der Waals surface area contributed by atoms with Crippen LogP contribution in [-0.2, 0) is 4.79 Å². The Morgan fingerprint density at radius 2 is 2.15 bits per heavy atom. The molecule has 0 heterocycles. The lowest BCUT2D eigenvalue weighted by Gasteiger charge is -2.14. The molecule has 108 valence electrons. The number of carbonyl (C=O) groups is 2. The van der Waals surface area contributed by atoms with Gasteiger partial charge in [-0.3, -0.25) is 19.7 Å². The van der Waals surface area contributed by atoms with E-state index in [9.17, 15) is 19.7 Å². The van der Waals surface area contributed by atoms with Gasteiger partial charge in [-0.1, -0.05) is 25.8 Å². The number of hydrogen-bond donors (Lipinski definition) is 2. The van der Waals surface area contributed by atoms with Crippen LogP contribution in [0.5, 0.6) is 0 Å². The summed E-state index contributed by atoms with van der Waals surface area (Å²) in [4.78, 5) is 33.3. The van der Waals surface area contributed by atoms with Crippen LogP contribution in [0.1, 0.15) is 36.5 Å². The summed E-state index contributed by atoms with van der Waals surface area (Å²) in [5.74, 6) is -1.16. The van der Waals surface area contributed by atoms with Gasteiger partial charge in [0, 0.05) is 17.7 Å². The summed E-state index contributed by atoms with van der Waals surface area (Å²) >= 11 is 0. The SMILES string of the molecule is CCCC[C@@H](NC(=O)c1cccc([N+](=O)[O-])c1)C(N)=O. The lowest BCUT2D eigenvalue weighted by molar-refractivity contribution is -0.384. The molecular formula is C13H17N3O4. The van der Waals surface area contributed by atoms with Gasteiger partial charge in [0.25, 0.3) is 11.6 Å². The molecule has 0 aliphatic heterocycles. The van der Waals surface area contributed by atoms with Crippen LogP contribution in [-0.4, -0.2) is 22.8 Å². The van der Waals surface area contributed by atoms with E-state index in [0.717, 1.165) is 18.9 Å². The van der Waals surface area contributed by atoms with Gasteiger partial charge in [-0.15, -0.1) is 0 Å². The Labute approximate surface area is 116 Å². The van der Waals surface area contributed by atoms with E-state index in [1.165, 1.54) is 18.2 Å². The molecule has 0 spiro atoms. The van der Waals surface area contributed by atoms with Gasteiger partial charge in [0.15, 0.2) is 0 Å². The standard InChI is InChI=1S/C13H17N3O4/c1-2-3-7-11(12(14)17)15-13(18)9-5-4-6-10(8-9)16(19)20/h4-6,8,11H,2-3,7H2,1H3,(H2,14,17)(H,15,18)/t11-/m1/s1. The predicted molar refractivity (Wildman–Crippen MR) is 73.1 cm³/mol. The molecule has 0 bridgehead atoms. The first kappa shape index (κ1) is 15.6. The maximum absolute atomic E-state index is 12.0. The number of nitro benzene ring substituents is 1. The number of non-ortho nitro benzene ring substituents is 1. The minimum absolute atomic E-state index is 0.127. The molecule has 1 aromatic rings. The molecule has 0 radical (unpaired) electrons. The smallest absolute Gasteiger partial charge is 0.270 e. The van der Waals surface area contributed by atoms with E-state index in [-0.39, 0.29) is 11.3 Å². The number of nitro groups is 1. The monoisotopic (exact) mass is 279 g/mol. The van der Waals surface area contributed by atoms with Crippen molar-refractivity contribution in [2.75, 3.05) is 0 Å². The first-order valence-electron chi connectivity index (χ1n) is 6.30. The van der Waals surface area contributed by atoms with E-state index in [1.807, 2.05) is 6.92 Å². The lowest BCUT2D eigenvalue weighted by Crippen LogP contribution is -2.44. The second kappa shape index (κ2) is 7.22. The predicted octanol–water partition coefficient (Wildman–Crippen LogP) is 1.37. The summed E-state index contributed by atoms with van der Waals surface area (Å²) in [5.41, 5.74) is 5.17. The molecule has 0 aliphatic carbocycles. The highest BCUT2D eigenvalue weighted by atomic mass is 16.6. The molecule has 1 rings (SSSR count). The van der Waals surface area contributed by atoms with Crippen LogP contribution in [0.3, 0.4) is 0 Å². The van der Waals surface area contributed by atoms with Gasteiger partial charge in [-0.25, -0.2) is 0 Å². The quantitative estimate of drug-likeness (QED) is 0.579. The number of rotatable bonds is 7. The van der Waals surface area contributed by atoms with Crippen molar-refractivity contribution in [1.29, 1.82) is 0 Å². The number of nitrogens with one attached hydrogen (secondary N) is 1. The Morgan fingerprint density at radius 1 is 1.45 bits per heavy atom. The van der Waals surface area contributed by atoms with Crippen molar-refractivity contribution in [3.05, 3.63) is 39.9 Å². The minimum atomic E-state index is -0.762. The second-order valence-electron chi connectivity index (χ2n) is 4.38. The number of hydrogen-bond acceptors (Lipinski definition) is 4. The summed E-state index contributed by atoms with van der Waals surface area (Å²) in [6, 6.07) is 4.55. The van der Waals surface area contributed by atoms with Crippen LogP contribution >= 0.6 is 0 Å². The number of nitrogens with zero attached hydrogens (tertiary/aromatic N) is 1. The number of primary amides is 1. The minimum Gasteiger partial charge on any atom is -0.368 e. The number of nitrogens with two attached hydrogens (primary N) is 1. The highest BCUT2D eigenvalue weighted by molar-refractivity contribution is 5.97. The molecular weight excluding hydrogens is 262 g/mol. The Bertz CT molecular complexity index is 516. The zero-order valence-corrected chi connectivity index (χ0v) is 11.2. The zero-order chi connectivity index (χ0) is 15.1. The summed E-state index contributed by atoms with van der Waals surface area (Å²) in [6.07, 6.45) is 2.08. The second-order valence-corrected chi connectivity index (χ2v) is 4.38. The fourth-order valence-corrected chi connectivity index (χ4v) is 1.70. The highest BCUT2D eigenvalue weighted by Gasteiger charge is 2.19. The fourth-order valence-electron chi connectivity index (χ4n) is 1.70. The number of benzene rings is 1. The molecule has 0 aliphatic rings. The molecule has 20 heavy (non-hydrogen) atoms. The molecule has 1 atom stereocenters. The summed E-state index contributed by atoms with van der Waals surface area (Å²) in [6.45, 7) is 1.96. The van der Waals surface area contributed by atoms with Gasteiger partial charge in [0.05, 0.1) is 4.92 Å². The summed E-state index contributed by atoms with van der Waals surface area (Å²) in [5, 5.41) is 13.1. The van der Waals surface area contributed by atoms with E-state index in [1.54, 1.807) is 0 Å². The third-order valence-corrected chi connectivity index (χ3v) is 2.81. The normalized spacial score (nSPS) is 11.7. The molecule has 7 heteroatoms. The van der Waals surface area contributed by atoms with Crippen molar-refractivity contribution in [2.45, 2.75) is 32.2 Å². The van der Waals surface area contributed by atoms with E-state index in [4.69, 9.17) is 5.73 Å². The Morgan fingerprint density at radius 3 is 2.70 bits per heavy atom. The van der Waals surface area contributed by atoms with Crippen molar-refractivity contribution in [3.8, 4) is 0 Å². The third-order valence-electron chi connectivity index (χ3n) is 2.81. The summed E-state index contributed by atoms with van der Waals surface area (Å²) < 4.78 is 0. The fraction of sp³-hybridized carbons (Fsp3) is 0.385. The van der Waals surface area contributed by atoms with Crippen LogP contribution in [0.25, 0.3) is 0 Å². The van der Waals surface area contributed by atoms with Crippen molar-refractivity contribution in [3.63, 3.8) is 0 Å². The van der Waals surface area contributed by atoms with E-state index < -0.39 is 22.8 Å². The molecule has 0 saturated carbocycles. The van der Waals surface area contributed by atoms with Crippen molar-refractivity contribution in [2.24, 2.45) is 5.73 Å². The largest absolute Gasteiger partial charge is 0.368 e. The van der Waals surface area contributed by atoms with Crippen LogP contribution in [0.15, 0.2) is 24.3 Å². The lowest BCUT2D eigenvalue weighted by atomic mass is 10.1. The topological polar surface area (TPSA) is 115 Å². The molecule has 0 unspecified atom stereocenters. The molecule has 3 N–H and O–H groups in total. The molecule has 0 aromatic heterocycles. The van der Waals surface area contributed by atoms with Crippen LogP contribution < -0.4 is 11.1 Å². The molecule has 7 nitrogen and oxygen atoms in total. The number of carbonyl (C=O) groups excluding carboxylic acids is 2. The van der Waals surface area contributed by atoms with Crippen molar-refractivity contribution >= 4 is 17.5 Å². The number of unbranched alkanes of at least 4 members (excludes halogenated alkanes) is 1. The average Bonchev–Trinajstić information content (AvgIpc) is 2.42. The van der Waals surface area contributed by atoms with Gasteiger partial charge >= 0.3 is 0 Å². The highest BCUT2D eigenvalue weighted by Crippen LogP contribution is 2.13. The number of amides is 2. The van der Waals surface area contributed by atoms with Crippen LogP contribution in [0.2, 0.25) is 0 Å². The van der Waals surface area contributed by atoms with E-state index in [0.29, 0.717) is 6.42 Å². The average molecular weight is 279 g/mol. The van der Waals surface area contributed by atoms with Gasteiger partial charge in [-0.2, -0.15) is 0 Å². The Kier molecular flexibility index (Phi) is 5.64. The molecule has 1 aromatic carbocycles. The third kappa shape index (κ3) is 4.34. The first-order chi connectivity index (χ1) is 9.45. The van der Waals surface area contributed by atoms with Gasteiger partial charge < -0.3 is 11.1 Å². The Balaban J connectivity index is 2.80. The molecule has 0 fully saturated rings. The maximum atomic E-state index is 12.0. The van der Waals surface area contributed by atoms with E-state index in [2.05, 4.69) is 5.32 Å². The van der Waals surface area contributed by atoms with Gasteiger partial charge in [-0.05, 0) is 12.5 Å². The van der Waals surface area contributed by atoms with Crippen molar-refractivity contribution in [1.82, 2.24) is 5.32 Å². The maximum Gasteiger partial charge on any atom is 0.270 e. The Hall–Kier alpha value is -2.44. The van der Waals surface area contributed by atoms with Crippen LogP contribution in [0.4, 0.5) is 5.69 Å². The van der Waals surface area contributed by atoms with Crippen molar-refractivity contribution < 1.29 is 14.5 Å². The van der Waals surface area contributed by atoms with Gasteiger partial charge in [0.1, 0.15) is 6.04 Å². The molecule has 0 saturated heterocycles.